The minimum absolute atomic E-state index is 0.127. The summed E-state index contributed by atoms with van der Waals surface area (Å²) in [7, 11) is 1.34. The molecule has 140 valence electrons. The predicted octanol–water partition coefficient (Wildman–Crippen LogP) is 2.57. The Labute approximate surface area is 147 Å². The fraction of sp³-hybridized carbons (Fsp3) is 0.375. The number of amides is 1. The van der Waals surface area contributed by atoms with Crippen LogP contribution in [0.4, 0.5) is 13.2 Å². The maximum Gasteiger partial charge on any atom is 0.417 e. The summed E-state index contributed by atoms with van der Waals surface area (Å²) in [5.41, 5.74) is -0.290. The lowest BCUT2D eigenvalue weighted by Crippen LogP contribution is -2.32. The van der Waals surface area contributed by atoms with Crippen LogP contribution in [0.15, 0.2) is 24.5 Å². The molecule has 2 heterocycles. The summed E-state index contributed by atoms with van der Waals surface area (Å²) in [6, 6.07) is 2.04. The van der Waals surface area contributed by atoms with Gasteiger partial charge < -0.3 is 10.0 Å². The molecule has 0 bridgehead atoms. The van der Waals surface area contributed by atoms with E-state index in [0.717, 1.165) is 17.0 Å². The zero-order valence-corrected chi connectivity index (χ0v) is 14.3. The molecule has 0 unspecified atom stereocenters. The summed E-state index contributed by atoms with van der Waals surface area (Å²) < 4.78 is 39.3. The first-order chi connectivity index (χ1) is 12.0. The zero-order valence-electron chi connectivity index (χ0n) is 14.3. The Bertz CT molecular complexity index is 813. The molecule has 2 rings (SSSR count). The maximum absolute atomic E-state index is 12.7. The molecule has 0 aliphatic carbocycles. The summed E-state index contributed by atoms with van der Waals surface area (Å²) >= 11 is 0. The molecule has 0 radical (unpaired) electrons. The second-order valence-corrected chi connectivity index (χ2v) is 5.97. The second kappa shape index (κ2) is 7.14. The fourth-order valence-corrected chi connectivity index (χ4v) is 2.42. The largest absolute Gasteiger partial charge is 0.480 e. The average molecular weight is 370 g/mol. The van der Waals surface area contributed by atoms with Crippen molar-refractivity contribution in [1.29, 1.82) is 0 Å². The first-order valence-corrected chi connectivity index (χ1v) is 7.61. The number of carboxylic acid groups (broad SMARTS) is 1. The number of hydrogen-bond donors (Lipinski definition) is 1. The molecular formula is C16H17F3N4O3. The van der Waals surface area contributed by atoms with Crippen LogP contribution in [0.1, 0.15) is 41.4 Å². The molecule has 2 aromatic heterocycles. The Balaban J connectivity index is 2.44. The highest BCUT2D eigenvalue weighted by Gasteiger charge is 2.31. The minimum Gasteiger partial charge on any atom is -0.480 e. The molecule has 26 heavy (non-hydrogen) atoms. The first kappa shape index (κ1) is 19.4. The normalized spacial score (nSPS) is 11.7. The summed E-state index contributed by atoms with van der Waals surface area (Å²) in [6.07, 6.45) is -2.55. The van der Waals surface area contributed by atoms with Crippen molar-refractivity contribution in [2.75, 3.05) is 13.6 Å². The van der Waals surface area contributed by atoms with Crippen molar-refractivity contribution in [3.8, 4) is 5.82 Å². The number of halogens is 3. The average Bonchev–Trinajstić information content (AvgIpc) is 2.97. The zero-order chi connectivity index (χ0) is 19.6. The number of aliphatic carboxylic acids is 1. The molecule has 0 aliphatic heterocycles. The number of hydrogen-bond acceptors (Lipinski definition) is 4. The lowest BCUT2D eigenvalue weighted by molar-refractivity contribution is -0.138. The SMILES string of the molecule is CC(C)c1c(C(=O)N(C)CC(=O)O)cnn1-c1ccc(C(F)(F)F)cn1. The van der Waals surface area contributed by atoms with Gasteiger partial charge in [-0.2, -0.15) is 18.3 Å². The standard InChI is InChI=1S/C16H17F3N4O3/c1-9(2)14-11(15(26)22(3)8-13(24)25)7-21-23(14)12-5-4-10(6-20-12)16(17,18)19/h4-7,9H,8H2,1-3H3,(H,24,25). The number of rotatable bonds is 5. The van der Waals surface area contributed by atoms with Crippen LogP contribution in [-0.4, -0.2) is 50.2 Å². The lowest BCUT2D eigenvalue weighted by Gasteiger charge is -2.17. The highest BCUT2D eigenvalue weighted by Crippen LogP contribution is 2.29. The maximum atomic E-state index is 12.7. The molecule has 1 N–H and O–H groups in total. The summed E-state index contributed by atoms with van der Waals surface area (Å²) in [5, 5.41) is 12.9. The molecule has 1 amide bonds. The van der Waals surface area contributed by atoms with E-state index in [0.29, 0.717) is 11.9 Å². The molecule has 7 nitrogen and oxygen atoms in total. The Kier molecular flexibility index (Phi) is 5.33. The number of carbonyl (C=O) groups is 2. The van der Waals surface area contributed by atoms with Crippen LogP contribution in [-0.2, 0) is 11.0 Å². The quantitative estimate of drug-likeness (QED) is 0.874. The van der Waals surface area contributed by atoms with E-state index in [-0.39, 0.29) is 17.3 Å². The van der Waals surface area contributed by atoms with Gasteiger partial charge >= 0.3 is 12.1 Å². The molecule has 0 spiro atoms. The van der Waals surface area contributed by atoms with E-state index in [9.17, 15) is 22.8 Å². The van der Waals surface area contributed by atoms with Crippen molar-refractivity contribution in [3.63, 3.8) is 0 Å². The van der Waals surface area contributed by atoms with Gasteiger partial charge in [0.2, 0.25) is 0 Å². The molecule has 0 aromatic carbocycles. The molecule has 0 saturated heterocycles. The van der Waals surface area contributed by atoms with Gasteiger partial charge in [-0.25, -0.2) is 9.67 Å². The highest BCUT2D eigenvalue weighted by atomic mass is 19.4. The number of carbonyl (C=O) groups excluding carboxylic acids is 1. The van der Waals surface area contributed by atoms with E-state index < -0.39 is 30.2 Å². The fourth-order valence-electron chi connectivity index (χ4n) is 2.42. The van der Waals surface area contributed by atoms with Crippen molar-refractivity contribution in [3.05, 3.63) is 41.3 Å². The van der Waals surface area contributed by atoms with Crippen molar-refractivity contribution >= 4 is 11.9 Å². The van der Waals surface area contributed by atoms with Crippen molar-refractivity contribution < 1.29 is 27.9 Å². The Morgan fingerprint density at radius 1 is 1.27 bits per heavy atom. The minimum atomic E-state index is -4.50. The molecule has 0 saturated carbocycles. The summed E-state index contributed by atoms with van der Waals surface area (Å²) in [6.45, 7) is 3.08. The lowest BCUT2D eigenvalue weighted by atomic mass is 10.0. The van der Waals surface area contributed by atoms with Gasteiger partial charge in [0.25, 0.3) is 5.91 Å². The van der Waals surface area contributed by atoms with Crippen LogP contribution < -0.4 is 0 Å². The third-order valence-corrected chi connectivity index (χ3v) is 3.60. The van der Waals surface area contributed by atoms with Crippen molar-refractivity contribution in [2.24, 2.45) is 0 Å². The summed E-state index contributed by atoms with van der Waals surface area (Å²) in [4.78, 5) is 28.1. The van der Waals surface area contributed by atoms with Crippen LogP contribution >= 0.6 is 0 Å². The van der Waals surface area contributed by atoms with Gasteiger partial charge in [0, 0.05) is 13.2 Å². The van der Waals surface area contributed by atoms with Crippen LogP contribution in [0.2, 0.25) is 0 Å². The van der Waals surface area contributed by atoms with E-state index in [2.05, 4.69) is 10.1 Å². The second-order valence-electron chi connectivity index (χ2n) is 5.97. The van der Waals surface area contributed by atoms with Gasteiger partial charge in [-0.3, -0.25) is 9.59 Å². The van der Waals surface area contributed by atoms with Crippen LogP contribution in [0, 0.1) is 0 Å². The summed E-state index contributed by atoms with van der Waals surface area (Å²) in [5.74, 6) is -1.79. The van der Waals surface area contributed by atoms with Crippen molar-refractivity contribution in [1.82, 2.24) is 19.7 Å². The monoisotopic (exact) mass is 370 g/mol. The molecule has 0 aliphatic rings. The van der Waals surface area contributed by atoms with Gasteiger partial charge in [0.15, 0.2) is 5.82 Å². The van der Waals surface area contributed by atoms with Gasteiger partial charge in [-0.15, -0.1) is 0 Å². The number of pyridine rings is 1. The van der Waals surface area contributed by atoms with Gasteiger partial charge in [-0.1, -0.05) is 13.8 Å². The molecule has 2 aromatic rings. The predicted molar refractivity (Wildman–Crippen MR) is 85.0 cm³/mol. The van der Waals surface area contributed by atoms with E-state index >= 15 is 0 Å². The first-order valence-electron chi connectivity index (χ1n) is 7.61. The number of likely N-dealkylation sites (N-methyl/N-ethyl adjacent to an activating group) is 1. The third-order valence-electron chi connectivity index (χ3n) is 3.60. The molecule has 0 fully saturated rings. The van der Waals surface area contributed by atoms with E-state index in [1.165, 1.54) is 17.9 Å². The van der Waals surface area contributed by atoms with E-state index in [1.807, 2.05) is 0 Å². The molecular weight excluding hydrogens is 353 g/mol. The van der Waals surface area contributed by atoms with Gasteiger partial charge in [-0.05, 0) is 18.1 Å². The highest BCUT2D eigenvalue weighted by molar-refractivity contribution is 5.96. The van der Waals surface area contributed by atoms with Gasteiger partial charge in [0.1, 0.15) is 6.54 Å². The number of alkyl halides is 3. The Hall–Kier alpha value is -2.91. The van der Waals surface area contributed by atoms with E-state index in [1.54, 1.807) is 13.8 Å². The van der Waals surface area contributed by atoms with Gasteiger partial charge in [0.05, 0.1) is 23.0 Å². The number of carboxylic acids is 1. The molecule has 10 heteroatoms. The van der Waals surface area contributed by atoms with Crippen molar-refractivity contribution in [2.45, 2.75) is 25.9 Å². The Morgan fingerprint density at radius 2 is 1.92 bits per heavy atom. The smallest absolute Gasteiger partial charge is 0.417 e. The van der Waals surface area contributed by atoms with E-state index in [4.69, 9.17) is 5.11 Å². The number of aromatic nitrogens is 3. The van der Waals surface area contributed by atoms with Crippen LogP contribution in [0.5, 0.6) is 0 Å². The Morgan fingerprint density at radius 3 is 2.38 bits per heavy atom. The topological polar surface area (TPSA) is 88.3 Å². The van der Waals surface area contributed by atoms with Crippen LogP contribution in [0.25, 0.3) is 5.82 Å². The van der Waals surface area contributed by atoms with Crippen LogP contribution in [0.3, 0.4) is 0 Å². The number of nitrogens with zero attached hydrogens (tertiary/aromatic N) is 4. The molecule has 0 atom stereocenters. The third kappa shape index (κ3) is 4.01.